The second-order valence-corrected chi connectivity index (χ2v) is 20.5. The molecule has 4 saturated carbocycles. The predicted octanol–water partition coefficient (Wildman–Crippen LogP) is 6.29. The number of ketones is 1. The predicted molar refractivity (Wildman–Crippen MR) is 199 cm³/mol. The van der Waals surface area contributed by atoms with Crippen molar-refractivity contribution in [2.75, 3.05) is 18.1 Å². The van der Waals surface area contributed by atoms with Crippen LogP contribution >= 0.6 is 21.6 Å². The Morgan fingerprint density at radius 2 is 1.70 bits per heavy atom. The highest BCUT2D eigenvalue weighted by Gasteiger charge is 2.71. The van der Waals surface area contributed by atoms with Crippen molar-refractivity contribution in [3.05, 3.63) is 41.5 Å². The first-order valence-electron chi connectivity index (χ1n) is 19.3. The Kier molecular flexibility index (Phi) is 10.4. The number of carbonyl (C=O) groups excluding carboxylic acids is 1. The summed E-state index contributed by atoms with van der Waals surface area (Å²) >= 11 is 0. The fourth-order valence-corrected chi connectivity index (χ4v) is 15.0. The van der Waals surface area contributed by atoms with Crippen molar-refractivity contribution < 1.29 is 30.3 Å². The molecule has 5 aliphatic carbocycles. The molecule has 5 fully saturated rings. The minimum Gasteiger partial charge on any atom is -0.396 e. The van der Waals surface area contributed by atoms with Crippen LogP contribution in [0.4, 0.5) is 0 Å². The Morgan fingerprint density at radius 3 is 2.40 bits per heavy atom. The van der Waals surface area contributed by atoms with Gasteiger partial charge in [-0.2, -0.15) is 0 Å². The number of hydrogen-bond acceptors (Lipinski definition) is 9. The van der Waals surface area contributed by atoms with Crippen LogP contribution in [0, 0.1) is 45.8 Å². The van der Waals surface area contributed by atoms with E-state index in [4.69, 9.17) is 0 Å². The molecule has 5 N–H and O–H groups in total. The molecule has 1 saturated heterocycles. The van der Waals surface area contributed by atoms with Crippen LogP contribution in [-0.2, 0) is 4.79 Å². The largest absolute Gasteiger partial charge is 0.396 e. The second-order valence-electron chi connectivity index (χ2n) is 17.9. The van der Waals surface area contributed by atoms with Crippen LogP contribution in [0.3, 0.4) is 0 Å². The van der Waals surface area contributed by atoms with Gasteiger partial charge in [-0.3, -0.25) is 4.79 Å². The zero-order chi connectivity index (χ0) is 35.6. The number of aromatic nitrogens is 2. The number of aliphatic hydroxyl groups excluding tert-OH is 4. The number of carbonyl (C=O) groups is 1. The first-order valence-corrected chi connectivity index (χ1v) is 21.8. The number of imidazole rings is 1. The molecule has 0 spiro atoms. The molecule has 8 nitrogen and oxygen atoms in total. The van der Waals surface area contributed by atoms with Crippen LogP contribution in [-0.4, -0.2) is 82.9 Å². The lowest BCUT2D eigenvalue weighted by Gasteiger charge is -2.61. The zero-order valence-electron chi connectivity index (χ0n) is 30.5. The summed E-state index contributed by atoms with van der Waals surface area (Å²) in [5.41, 5.74) is 0.594. The summed E-state index contributed by atoms with van der Waals surface area (Å²) in [6, 6.07) is 0.209. The normalized spacial score (nSPS) is 45.6. The molecule has 50 heavy (non-hydrogen) atoms. The molecule has 0 amide bonds. The minimum atomic E-state index is -1.42. The van der Waals surface area contributed by atoms with E-state index in [1.54, 1.807) is 16.9 Å². The summed E-state index contributed by atoms with van der Waals surface area (Å²) in [5, 5.41) is 58.8. The van der Waals surface area contributed by atoms with E-state index in [1.165, 1.54) is 30.4 Å². The topological polar surface area (TPSA) is 136 Å². The lowest BCUT2D eigenvalue weighted by atomic mass is 9.45. The molecule has 2 bridgehead atoms. The molecule has 1 aromatic heterocycles. The quantitative estimate of drug-likeness (QED) is 0.176. The summed E-state index contributed by atoms with van der Waals surface area (Å²) in [4.78, 5) is 18.4. The van der Waals surface area contributed by atoms with Gasteiger partial charge in [-0.15, -0.1) is 0 Å². The standard InChI is InChI=1S/C40H60N2O6S2/c1-24-29-14-26(40(48)31-16-34(45)32-17-35(46)36(47)19-38(32,4)28(31)10-11-39(29,40)22-43)20-49-50-21-27(42-13-12-41-23-42)18-37(2,3)30(15-33(24)44)25-8-6-5-7-9-25/h12-13,16,23-24,26-29,32-33,35-36,43-44,46-48H,5-11,14-15,17-22H2,1-4H3/t24-,26+,27-,28-,29+,32-,33+,35+,36-,38+,39-,40+/m0/s1. The third kappa shape index (κ3) is 5.94. The molecular weight excluding hydrogens is 669 g/mol. The van der Waals surface area contributed by atoms with E-state index in [9.17, 15) is 30.3 Å². The Balaban J connectivity index is 1.31. The number of allylic oxidation sites excluding steroid dienone is 2. The van der Waals surface area contributed by atoms with Crippen LogP contribution < -0.4 is 0 Å². The number of fused-ring (bicyclic) bond motifs is 9. The van der Waals surface area contributed by atoms with Crippen molar-refractivity contribution in [3.8, 4) is 0 Å². The van der Waals surface area contributed by atoms with Crippen molar-refractivity contribution in [2.24, 2.45) is 45.8 Å². The molecule has 12 atom stereocenters. The van der Waals surface area contributed by atoms with Gasteiger partial charge in [-0.05, 0) is 111 Å². The van der Waals surface area contributed by atoms with E-state index < -0.39 is 40.7 Å². The molecular formula is C40H60N2O6S2. The van der Waals surface area contributed by atoms with Gasteiger partial charge in [0.2, 0.25) is 0 Å². The van der Waals surface area contributed by atoms with E-state index in [1.807, 2.05) is 23.3 Å². The lowest BCUT2D eigenvalue weighted by molar-refractivity contribution is -0.169. The van der Waals surface area contributed by atoms with E-state index in [0.717, 1.165) is 30.6 Å². The van der Waals surface area contributed by atoms with E-state index in [-0.39, 0.29) is 53.9 Å². The average Bonchev–Trinajstić information content (AvgIpc) is 3.71. The molecule has 278 valence electrons. The molecule has 0 radical (unpaired) electrons. The summed E-state index contributed by atoms with van der Waals surface area (Å²) in [6.45, 7) is 8.72. The van der Waals surface area contributed by atoms with Gasteiger partial charge in [0.15, 0.2) is 5.78 Å². The van der Waals surface area contributed by atoms with Crippen molar-refractivity contribution in [1.82, 2.24) is 9.55 Å². The number of aliphatic hydroxyl groups is 5. The molecule has 2 heterocycles. The smallest absolute Gasteiger partial charge is 0.159 e. The molecule has 10 heteroatoms. The minimum absolute atomic E-state index is 0.0794. The summed E-state index contributed by atoms with van der Waals surface area (Å²) in [6.07, 6.45) is 14.9. The third-order valence-corrected chi connectivity index (χ3v) is 17.6. The Labute approximate surface area is 306 Å². The Bertz CT molecular complexity index is 1470. The van der Waals surface area contributed by atoms with Crippen LogP contribution in [0.25, 0.3) is 0 Å². The highest BCUT2D eigenvalue weighted by molar-refractivity contribution is 8.76. The number of nitrogens with zero attached hydrogens (tertiary/aromatic N) is 2. The SMILES string of the molecule is C[C@@H]1[C@H](O)CC(=C2CCCCC2)C(C)(C)C[C@H](n2ccnc2)CSSC[C@H]2C[C@H]1[C@@]1(CO)CC[C@H]3C(=CC(=O)[C@@H]4C[C@@H](O)[C@@H](O)C[C@@]43C)[C@]21O. The lowest BCUT2D eigenvalue weighted by Crippen LogP contribution is -2.64. The Hall–Kier alpha value is -1.14. The first kappa shape index (κ1) is 37.2. The van der Waals surface area contributed by atoms with Gasteiger partial charge in [0, 0.05) is 47.2 Å². The molecule has 6 aliphatic rings. The first-order chi connectivity index (χ1) is 23.8. The molecule has 7 rings (SSSR count). The summed E-state index contributed by atoms with van der Waals surface area (Å²) in [7, 11) is 3.62. The van der Waals surface area contributed by atoms with E-state index >= 15 is 0 Å². The molecule has 0 aromatic carbocycles. The van der Waals surface area contributed by atoms with Crippen LogP contribution in [0.1, 0.15) is 111 Å². The van der Waals surface area contributed by atoms with Crippen LogP contribution in [0.15, 0.2) is 41.5 Å². The van der Waals surface area contributed by atoms with Gasteiger partial charge < -0.3 is 30.1 Å². The van der Waals surface area contributed by atoms with Gasteiger partial charge >= 0.3 is 0 Å². The van der Waals surface area contributed by atoms with Gasteiger partial charge in [0.25, 0.3) is 0 Å². The molecule has 1 aliphatic heterocycles. The van der Waals surface area contributed by atoms with Gasteiger partial charge in [0.1, 0.15) is 0 Å². The van der Waals surface area contributed by atoms with Crippen molar-refractivity contribution in [3.63, 3.8) is 0 Å². The summed E-state index contributed by atoms with van der Waals surface area (Å²) < 4.78 is 2.23. The van der Waals surface area contributed by atoms with Crippen molar-refractivity contribution >= 4 is 27.4 Å². The highest BCUT2D eigenvalue weighted by atomic mass is 33.1. The maximum Gasteiger partial charge on any atom is 0.159 e. The van der Waals surface area contributed by atoms with E-state index in [2.05, 4.69) is 43.4 Å². The second kappa shape index (κ2) is 13.9. The van der Waals surface area contributed by atoms with E-state index in [0.29, 0.717) is 37.9 Å². The highest BCUT2D eigenvalue weighted by Crippen LogP contribution is 2.70. The average molecular weight is 729 g/mol. The van der Waals surface area contributed by atoms with Gasteiger partial charge in [0.05, 0.1) is 36.8 Å². The third-order valence-electron chi connectivity index (χ3n) is 15.0. The summed E-state index contributed by atoms with van der Waals surface area (Å²) in [5.74, 6) is 0.397. The maximum atomic E-state index is 14.0. The monoisotopic (exact) mass is 728 g/mol. The molecule has 1 aromatic rings. The number of rotatable bonds is 2. The fraction of sp³-hybridized carbons (Fsp3) is 0.800. The van der Waals surface area contributed by atoms with Crippen LogP contribution in [0.2, 0.25) is 0 Å². The fourth-order valence-electron chi connectivity index (χ4n) is 12.3. The van der Waals surface area contributed by atoms with Crippen molar-refractivity contribution in [1.29, 1.82) is 0 Å². The molecule has 0 unspecified atom stereocenters. The zero-order valence-corrected chi connectivity index (χ0v) is 32.1. The number of hydrogen-bond donors (Lipinski definition) is 5. The van der Waals surface area contributed by atoms with Gasteiger partial charge in [-0.25, -0.2) is 4.98 Å². The maximum absolute atomic E-state index is 14.0. The Morgan fingerprint density at radius 1 is 0.960 bits per heavy atom. The van der Waals surface area contributed by atoms with Crippen LogP contribution in [0.5, 0.6) is 0 Å². The van der Waals surface area contributed by atoms with Crippen molar-refractivity contribution in [2.45, 2.75) is 135 Å². The van der Waals surface area contributed by atoms with Gasteiger partial charge in [-0.1, -0.05) is 66.8 Å².